The Morgan fingerprint density at radius 2 is 2.14 bits per heavy atom. The maximum Gasteiger partial charge on any atom is 0.236 e. The normalized spacial score (nSPS) is 10.6. The fraction of sp³-hybridized carbons (Fsp3) is 0.263. The lowest BCUT2D eigenvalue weighted by Crippen LogP contribution is -2.15. The van der Waals surface area contributed by atoms with Gasteiger partial charge in [0.15, 0.2) is 27.6 Å². The molecule has 0 saturated carbocycles. The number of carbonyl (C=O) groups excluding carboxylic acids is 1. The predicted octanol–water partition coefficient (Wildman–Crippen LogP) is 3.55. The summed E-state index contributed by atoms with van der Waals surface area (Å²) in [4.78, 5) is 16.4. The number of carbonyl (C=O) groups is 1. The molecule has 0 spiro atoms. The highest BCUT2D eigenvalue weighted by molar-refractivity contribution is 7.99. The van der Waals surface area contributed by atoms with Crippen LogP contribution in [0, 0.1) is 6.92 Å². The molecule has 29 heavy (non-hydrogen) atoms. The minimum Gasteiger partial charge on any atom is -0.493 e. The molecule has 0 unspecified atom stereocenters. The molecule has 3 rings (SSSR count). The first-order valence-corrected chi connectivity index (χ1v) is 10.6. The van der Waals surface area contributed by atoms with E-state index in [4.69, 9.17) is 9.47 Å². The first kappa shape index (κ1) is 20.9. The van der Waals surface area contributed by atoms with Gasteiger partial charge >= 0.3 is 0 Å². The van der Waals surface area contributed by atoms with Crippen molar-refractivity contribution >= 4 is 34.1 Å². The van der Waals surface area contributed by atoms with Crippen LogP contribution < -0.4 is 14.8 Å². The number of hydrogen-bond donors (Lipinski definition) is 1. The summed E-state index contributed by atoms with van der Waals surface area (Å²) in [5.41, 5.74) is 0.878. The molecule has 152 valence electrons. The van der Waals surface area contributed by atoms with Crippen LogP contribution in [0.2, 0.25) is 0 Å². The molecule has 0 atom stereocenters. The predicted molar refractivity (Wildman–Crippen MR) is 114 cm³/mol. The quantitative estimate of drug-likeness (QED) is 0.388. The van der Waals surface area contributed by atoms with Gasteiger partial charge in [-0.1, -0.05) is 30.0 Å². The highest BCUT2D eigenvalue weighted by atomic mass is 32.2. The summed E-state index contributed by atoms with van der Waals surface area (Å²) in [6.45, 7) is 6.39. The summed E-state index contributed by atoms with van der Waals surface area (Å²) < 4.78 is 13.0. The zero-order valence-corrected chi connectivity index (χ0v) is 17.8. The van der Waals surface area contributed by atoms with E-state index in [1.165, 1.54) is 23.1 Å². The van der Waals surface area contributed by atoms with E-state index in [-0.39, 0.29) is 18.3 Å². The van der Waals surface area contributed by atoms with Gasteiger partial charge in [0.1, 0.15) is 6.61 Å². The first-order valence-electron chi connectivity index (χ1n) is 8.74. The zero-order chi connectivity index (χ0) is 20.6. The highest BCUT2D eigenvalue weighted by Gasteiger charge is 2.15. The number of thiazole rings is 1. The molecule has 3 aromatic rings. The maximum atomic E-state index is 12.2. The van der Waals surface area contributed by atoms with E-state index < -0.39 is 0 Å². The third-order valence-electron chi connectivity index (χ3n) is 3.73. The van der Waals surface area contributed by atoms with Gasteiger partial charge in [-0.15, -0.1) is 28.1 Å². The van der Waals surface area contributed by atoms with Crippen LogP contribution in [0.3, 0.4) is 0 Å². The summed E-state index contributed by atoms with van der Waals surface area (Å²) in [6, 6.07) is 7.40. The molecule has 2 aromatic heterocycles. The number of nitrogens with one attached hydrogen (secondary N) is 1. The summed E-state index contributed by atoms with van der Waals surface area (Å²) in [5, 5.41) is 14.3. The molecule has 0 fully saturated rings. The molecule has 8 nitrogen and oxygen atoms in total. The second-order valence-corrected chi connectivity index (χ2v) is 7.67. The third kappa shape index (κ3) is 5.58. The number of aromatic nitrogens is 4. The molecule has 0 aliphatic carbocycles. The number of nitrogens with zero attached hydrogens (tertiary/aromatic N) is 4. The molecular formula is C19H21N5O3S2. The van der Waals surface area contributed by atoms with Gasteiger partial charge in [-0.3, -0.25) is 9.36 Å². The van der Waals surface area contributed by atoms with Crippen LogP contribution in [0.5, 0.6) is 11.5 Å². The van der Waals surface area contributed by atoms with Gasteiger partial charge < -0.3 is 14.8 Å². The van der Waals surface area contributed by atoms with Crippen molar-refractivity contribution in [1.29, 1.82) is 0 Å². The number of hydrogen-bond acceptors (Lipinski definition) is 8. The number of thioether (sulfide) groups is 1. The Bertz CT molecular complexity index is 986. The van der Waals surface area contributed by atoms with E-state index in [1.54, 1.807) is 13.2 Å². The molecule has 1 N–H and O–H groups in total. The minimum absolute atomic E-state index is 0.149. The van der Waals surface area contributed by atoms with Crippen LogP contribution >= 0.6 is 23.1 Å². The Hall–Kier alpha value is -2.85. The van der Waals surface area contributed by atoms with Crippen molar-refractivity contribution in [2.45, 2.75) is 25.2 Å². The van der Waals surface area contributed by atoms with Gasteiger partial charge in [-0.05, 0) is 19.1 Å². The fourth-order valence-corrected chi connectivity index (χ4v) is 3.89. The number of amides is 1. The average molecular weight is 432 g/mol. The Balaban J connectivity index is 1.63. The SMILES string of the molecule is C=CCn1c(COc2ccccc2OC)nnc1SCC(=O)Nc1nc(C)cs1. The van der Waals surface area contributed by atoms with E-state index >= 15 is 0 Å². The Kier molecular flexibility index (Phi) is 7.25. The van der Waals surface area contributed by atoms with Gasteiger partial charge in [0.2, 0.25) is 5.91 Å². The molecule has 0 bridgehead atoms. The number of aryl methyl sites for hydroxylation is 1. The van der Waals surface area contributed by atoms with Gasteiger partial charge in [0, 0.05) is 11.9 Å². The van der Waals surface area contributed by atoms with Crippen molar-refractivity contribution in [3.05, 3.63) is 53.8 Å². The summed E-state index contributed by atoms with van der Waals surface area (Å²) >= 11 is 2.69. The lowest BCUT2D eigenvalue weighted by molar-refractivity contribution is -0.113. The second kappa shape index (κ2) is 10.1. The molecule has 2 heterocycles. The number of anilines is 1. The van der Waals surface area contributed by atoms with Crippen molar-refractivity contribution in [1.82, 2.24) is 19.7 Å². The van der Waals surface area contributed by atoms with E-state index in [2.05, 4.69) is 27.1 Å². The lowest BCUT2D eigenvalue weighted by atomic mass is 10.3. The van der Waals surface area contributed by atoms with Gasteiger partial charge in [0.25, 0.3) is 0 Å². The maximum absolute atomic E-state index is 12.2. The van der Waals surface area contributed by atoms with Crippen LogP contribution in [0.4, 0.5) is 5.13 Å². The third-order valence-corrected chi connectivity index (χ3v) is 5.57. The van der Waals surface area contributed by atoms with Crippen LogP contribution in [-0.2, 0) is 17.9 Å². The minimum atomic E-state index is -0.149. The van der Waals surface area contributed by atoms with Crippen molar-refractivity contribution in [3.8, 4) is 11.5 Å². The number of benzene rings is 1. The largest absolute Gasteiger partial charge is 0.493 e. The first-order chi connectivity index (χ1) is 14.1. The molecule has 0 saturated heterocycles. The van der Waals surface area contributed by atoms with Crippen LogP contribution in [0.1, 0.15) is 11.5 Å². The molecule has 1 aromatic carbocycles. The Morgan fingerprint density at radius 1 is 1.34 bits per heavy atom. The standard InChI is InChI=1S/C19H21N5O3S2/c1-4-9-24-16(10-27-15-8-6-5-7-14(15)26-3)22-23-19(24)29-12-17(25)21-18-20-13(2)11-28-18/h4-8,11H,1,9-10,12H2,2-3H3,(H,20,21,25). The van der Waals surface area contributed by atoms with E-state index in [9.17, 15) is 4.79 Å². The van der Waals surface area contributed by atoms with Crippen molar-refractivity contribution in [2.75, 3.05) is 18.2 Å². The molecule has 0 radical (unpaired) electrons. The summed E-state index contributed by atoms with van der Waals surface area (Å²) in [7, 11) is 1.59. The van der Waals surface area contributed by atoms with E-state index in [0.717, 1.165) is 5.69 Å². The number of rotatable bonds is 10. The number of methoxy groups -OCH3 is 1. The summed E-state index contributed by atoms with van der Waals surface area (Å²) in [6.07, 6.45) is 1.75. The average Bonchev–Trinajstić information content (AvgIpc) is 3.31. The molecule has 0 aliphatic heterocycles. The number of para-hydroxylation sites is 2. The smallest absolute Gasteiger partial charge is 0.236 e. The van der Waals surface area contributed by atoms with Crippen molar-refractivity contribution < 1.29 is 14.3 Å². The Morgan fingerprint density at radius 3 is 2.83 bits per heavy atom. The monoisotopic (exact) mass is 431 g/mol. The topological polar surface area (TPSA) is 91.2 Å². The van der Waals surface area contributed by atoms with Gasteiger partial charge in [-0.25, -0.2) is 4.98 Å². The second-order valence-electron chi connectivity index (χ2n) is 5.87. The lowest BCUT2D eigenvalue weighted by Gasteiger charge is -2.11. The van der Waals surface area contributed by atoms with Gasteiger partial charge in [0.05, 0.1) is 18.6 Å². The van der Waals surface area contributed by atoms with Crippen molar-refractivity contribution in [3.63, 3.8) is 0 Å². The van der Waals surface area contributed by atoms with Crippen LogP contribution in [0.15, 0.2) is 47.5 Å². The van der Waals surface area contributed by atoms with E-state index in [0.29, 0.717) is 34.2 Å². The van der Waals surface area contributed by atoms with Gasteiger partial charge in [-0.2, -0.15) is 0 Å². The van der Waals surface area contributed by atoms with Crippen molar-refractivity contribution in [2.24, 2.45) is 0 Å². The summed E-state index contributed by atoms with van der Waals surface area (Å²) in [5.74, 6) is 1.95. The van der Waals surface area contributed by atoms with Crippen LogP contribution in [-0.4, -0.2) is 38.5 Å². The molecule has 1 amide bonds. The Labute approximate surface area is 177 Å². The number of ether oxygens (including phenoxy) is 2. The van der Waals surface area contributed by atoms with E-state index in [1.807, 2.05) is 41.1 Å². The highest BCUT2D eigenvalue weighted by Crippen LogP contribution is 2.27. The molecular weight excluding hydrogens is 410 g/mol. The fourth-order valence-electron chi connectivity index (χ4n) is 2.42. The number of allylic oxidation sites excluding steroid dienone is 1. The molecule has 0 aliphatic rings. The van der Waals surface area contributed by atoms with Crippen LogP contribution in [0.25, 0.3) is 0 Å². The zero-order valence-electron chi connectivity index (χ0n) is 16.1. The molecule has 10 heteroatoms.